The Hall–Kier alpha value is -2.69. The predicted octanol–water partition coefficient (Wildman–Crippen LogP) is 2.46. The van der Waals surface area contributed by atoms with E-state index in [4.69, 9.17) is 0 Å². The van der Waals surface area contributed by atoms with Crippen LogP contribution in [0.15, 0.2) is 54.7 Å². The average Bonchev–Trinajstić information content (AvgIpc) is 2.85. The van der Waals surface area contributed by atoms with Crippen molar-refractivity contribution in [3.05, 3.63) is 66.0 Å². The lowest BCUT2D eigenvalue weighted by Gasteiger charge is -2.26. The second kappa shape index (κ2) is 5.97. The van der Waals surface area contributed by atoms with E-state index in [-0.39, 0.29) is 18.5 Å². The summed E-state index contributed by atoms with van der Waals surface area (Å²) in [6.07, 6.45) is 1.67. The molecule has 3 amide bonds. The Morgan fingerprint density at radius 3 is 2.41 bits per heavy atom. The zero-order chi connectivity index (χ0) is 15.5. The SMILES string of the molecule is CCN1CC(=O)N([C@H](c2ccccc2)c2ccccn2)C1=O. The summed E-state index contributed by atoms with van der Waals surface area (Å²) in [4.78, 5) is 32.1. The highest BCUT2D eigenvalue weighted by molar-refractivity contribution is 6.02. The molecule has 0 unspecified atom stereocenters. The summed E-state index contributed by atoms with van der Waals surface area (Å²) in [5, 5.41) is 0. The lowest BCUT2D eigenvalue weighted by Crippen LogP contribution is -2.37. The molecule has 1 aliphatic rings. The van der Waals surface area contributed by atoms with Crippen LogP contribution >= 0.6 is 0 Å². The molecule has 112 valence electrons. The van der Waals surface area contributed by atoms with E-state index in [1.165, 1.54) is 4.90 Å². The predicted molar refractivity (Wildman–Crippen MR) is 82.0 cm³/mol. The first kappa shape index (κ1) is 14.3. The average molecular weight is 295 g/mol. The Balaban J connectivity index is 2.07. The minimum Gasteiger partial charge on any atom is -0.315 e. The third kappa shape index (κ3) is 2.45. The maximum Gasteiger partial charge on any atom is 0.328 e. The van der Waals surface area contributed by atoms with Gasteiger partial charge in [-0.05, 0) is 24.6 Å². The Labute approximate surface area is 129 Å². The van der Waals surface area contributed by atoms with E-state index in [2.05, 4.69) is 4.98 Å². The fourth-order valence-corrected chi connectivity index (χ4v) is 2.69. The molecule has 3 rings (SSSR count). The van der Waals surface area contributed by atoms with Gasteiger partial charge in [0.2, 0.25) is 0 Å². The highest BCUT2D eigenvalue weighted by atomic mass is 16.2. The van der Waals surface area contributed by atoms with E-state index >= 15 is 0 Å². The van der Waals surface area contributed by atoms with Crippen molar-refractivity contribution in [2.24, 2.45) is 0 Å². The van der Waals surface area contributed by atoms with Crippen LogP contribution in [0.1, 0.15) is 24.2 Å². The van der Waals surface area contributed by atoms with E-state index in [9.17, 15) is 9.59 Å². The molecular weight excluding hydrogens is 278 g/mol. The first-order valence-corrected chi connectivity index (χ1v) is 7.29. The van der Waals surface area contributed by atoms with Gasteiger partial charge in [-0.2, -0.15) is 0 Å². The summed E-state index contributed by atoms with van der Waals surface area (Å²) >= 11 is 0. The van der Waals surface area contributed by atoms with Gasteiger partial charge in [0.05, 0.1) is 5.69 Å². The van der Waals surface area contributed by atoms with Gasteiger partial charge in [-0.1, -0.05) is 36.4 Å². The fraction of sp³-hybridized carbons (Fsp3) is 0.235. The first-order chi connectivity index (χ1) is 10.7. The van der Waals surface area contributed by atoms with Crippen molar-refractivity contribution >= 4 is 11.9 Å². The zero-order valence-corrected chi connectivity index (χ0v) is 12.3. The van der Waals surface area contributed by atoms with E-state index in [0.29, 0.717) is 12.2 Å². The molecule has 2 aromatic rings. The van der Waals surface area contributed by atoms with Crippen LogP contribution in [0.2, 0.25) is 0 Å². The van der Waals surface area contributed by atoms with Crippen molar-refractivity contribution in [1.82, 2.24) is 14.8 Å². The van der Waals surface area contributed by atoms with Crippen molar-refractivity contribution in [3.8, 4) is 0 Å². The maximum atomic E-state index is 12.5. The van der Waals surface area contributed by atoms with Crippen molar-refractivity contribution in [2.75, 3.05) is 13.1 Å². The molecule has 1 saturated heterocycles. The molecule has 0 bridgehead atoms. The van der Waals surface area contributed by atoms with Crippen molar-refractivity contribution in [1.29, 1.82) is 0 Å². The molecular formula is C17H17N3O2. The molecule has 0 radical (unpaired) electrons. The van der Waals surface area contributed by atoms with Crippen LogP contribution in [0.25, 0.3) is 0 Å². The van der Waals surface area contributed by atoms with Gasteiger partial charge in [0.15, 0.2) is 0 Å². The third-order valence-electron chi connectivity index (χ3n) is 3.79. The number of pyridine rings is 1. The number of rotatable bonds is 4. The quantitative estimate of drug-likeness (QED) is 0.814. The summed E-state index contributed by atoms with van der Waals surface area (Å²) in [7, 11) is 0. The summed E-state index contributed by atoms with van der Waals surface area (Å²) in [5.74, 6) is -0.189. The third-order valence-corrected chi connectivity index (χ3v) is 3.79. The van der Waals surface area contributed by atoms with Crippen LogP contribution in [0.4, 0.5) is 4.79 Å². The van der Waals surface area contributed by atoms with Crippen LogP contribution in [0.5, 0.6) is 0 Å². The highest BCUT2D eigenvalue weighted by Crippen LogP contribution is 2.30. The topological polar surface area (TPSA) is 53.5 Å². The number of nitrogens with zero attached hydrogens (tertiary/aromatic N) is 3. The van der Waals surface area contributed by atoms with E-state index < -0.39 is 6.04 Å². The number of imide groups is 1. The Morgan fingerprint density at radius 1 is 1.09 bits per heavy atom. The van der Waals surface area contributed by atoms with Crippen LogP contribution in [-0.2, 0) is 4.79 Å². The number of carbonyl (C=O) groups excluding carboxylic acids is 2. The summed E-state index contributed by atoms with van der Waals surface area (Å²) in [5.41, 5.74) is 1.56. The number of amides is 3. The van der Waals surface area contributed by atoms with E-state index in [0.717, 1.165) is 5.56 Å². The largest absolute Gasteiger partial charge is 0.328 e. The summed E-state index contributed by atoms with van der Waals surface area (Å²) < 4.78 is 0. The minimum absolute atomic E-state index is 0.130. The molecule has 0 spiro atoms. The molecule has 0 saturated carbocycles. The molecule has 22 heavy (non-hydrogen) atoms. The van der Waals surface area contributed by atoms with Gasteiger partial charge in [-0.3, -0.25) is 9.78 Å². The number of likely N-dealkylation sites (N-methyl/N-ethyl adjacent to an activating group) is 1. The van der Waals surface area contributed by atoms with Crippen LogP contribution < -0.4 is 0 Å². The van der Waals surface area contributed by atoms with E-state index in [1.807, 2.05) is 55.5 Å². The first-order valence-electron chi connectivity index (χ1n) is 7.29. The highest BCUT2D eigenvalue weighted by Gasteiger charge is 2.41. The van der Waals surface area contributed by atoms with Crippen LogP contribution in [-0.4, -0.2) is 39.8 Å². The van der Waals surface area contributed by atoms with Gasteiger partial charge in [0, 0.05) is 12.7 Å². The van der Waals surface area contributed by atoms with Gasteiger partial charge >= 0.3 is 6.03 Å². The second-order valence-corrected chi connectivity index (χ2v) is 5.13. The Kier molecular flexibility index (Phi) is 3.87. The maximum absolute atomic E-state index is 12.5. The van der Waals surface area contributed by atoms with Crippen molar-refractivity contribution < 1.29 is 9.59 Å². The molecule has 1 aromatic carbocycles. The second-order valence-electron chi connectivity index (χ2n) is 5.13. The van der Waals surface area contributed by atoms with Crippen molar-refractivity contribution in [3.63, 3.8) is 0 Å². The smallest absolute Gasteiger partial charge is 0.315 e. The summed E-state index contributed by atoms with van der Waals surface area (Å²) in [6.45, 7) is 2.52. The van der Waals surface area contributed by atoms with E-state index in [1.54, 1.807) is 11.1 Å². The molecule has 1 aromatic heterocycles. The molecule has 0 N–H and O–H groups in total. The molecule has 5 nitrogen and oxygen atoms in total. The normalized spacial score (nSPS) is 16.2. The van der Waals surface area contributed by atoms with Crippen LogP contribution in [0, 0.1) is 0 Å². The van der Waals surface area contributed by atoms with Crippen LogP contribution in [0.3, 0.4) is 0 Å². The number of urea groups is 1. The Morgan fingerprint density at radius 2 is 1.82 bits per heavy atom. The van der Waals surface area contributed by atoms with Gasteiger partial charge in [-0.25, -0.2) is 9.69 Å². The number of hydrogen-bond acceptors (Lipinski definition) is 3. The molecule has 1 atom stereocenters. The lowest BCUT2D eigenvalue weighted by molar-refractivity contribution is -0.126. The number of hydrogen-bond donors (Lipinski definition) is 0. The number of aromatic nitrogens is 1. The fourth-order valence-electron chi connectivity index (χ4n) is 2.69. The molecule has 2 heterocycles. The van der Waals surface area contributed by atoms with Gasteiger partial charge in [0.1, 0.15) is 12.6 Å². The number of carbonyl (C=O) groups is 2. The lowest BCUT2D eigenvalue weighted by atomic mass is 10.0. The molecule has 1 fully saturated rings. The zero-order valence-electron chi connectivity index (χ0n) is 12.3. The van der Waals surface area contributed by atoms with Gasteiger partial charge in [0.25, 0.3) is 5.91 Å². The Bertz CT molecular complexity index is 633. The minimum atomic E-state index is -0.487. The molecule has 1 aliphatic heterocycles. The number of benzene rings is 1. The standard InChI is InChI=1S/C17H17N3O2/c1-2-19-12-15(21)20(17(19)22)16(13-8-4-3-5-9-13)14-10-6-7-11-18-14/h3-11,16H,2,12H2,1H3/t16-/m1/s1. The molecule has 5 heteroatoms. The summed E-state index contributed by atoms with van der Waals surface area (Å²) in [6, 6.07) is 14.3. The molecule has 0 aliphatic carbocycles. The monoisotopic (exact) mass is 295 g/mol. The van der Waals surface area contributed by atoms with Gasteiger partial charge in [-0.15, -0.1) is 0 Å². The van der Waals surface area contributed by atoms with Crippen molar-refractivity contribution in [2.45, 2.75) is 13.0 Å². The van der Waals surface area contributed by atoms with Gasteiger partial charge < -0.3 is 4.90 Å².